The van der Waals surface area contributed by atoms with Crippen molar-refractivity contribution in [2.24, 2.45) is 17.3 Å². The predicted molar refractivity (Wildman–Crippen MR) is 91.1 cm³/mol. The summed E-state index contributed by atoms with van der Waals surface area (Å²) in [5, 5.41) is 10.6. The maximum absolute atomic E-state index is 10.6. The summed E-state index contributed by atoms with van der Waals surface area (Å²) in [4.78, 5) is 0. The lowest BCUT2D eigenvalue weighted by molar-refractivity contribution is 0.0977. The van der Waals surface area contributed by atoms with E-state index in [1.807, 2.05) is 0 Å². The van der Waals surface area contributed by atoms with Crippen LogP contribution in [0.15, 0.2) is 35.5 Å². The van der Waals surface area contributed by atoms with Crippen LogP contribution >= 0.6 is 0 Å². The van der Waals surface area contributed by atoms with E-state index in [-0.39, 0.29) is 11.5 Å². The fourth-order valence-corrected chi connectivity index (χ4v) is 4.35. The summed E-state index contributed by atoms with van der Waals surface area (Å²) in [7, 11) is 0. The number of aliphatic hydroxyl groups excluding tert-OH is 1. The number of allylic oxidation sites excluding steroid dienone is 4. The van der Waals surface area contributed by atoms with Gasteiger partial charge in [0.1, 0.15) is 0 Å². The molecule has 0 radical (unpaired) electrons. The SMILES string of the molecule is C=C(C)[C@@H]1CC[C@]2(C)C[C@H](O)/C(C)=C/CC/C(C)=C/C[C@@H]12. The van der Waals surface area contributed by atoms with Gasteiger partial charge in [-0.15, -0.1) is 0 Å². The number of rotatable bonds is 1. The molecule has 0 heterocycles. The molecule has 0 saturated heterocycles. The van der Waals surface area contributed by atoms with Crippen molar-refractivity contribution >= 4 is 0 Å². The summed E-state index contributed by atoms with van der Waals surface area (Å²) in [6.45, 7) is 13.1. The number of hydrogen-bond acceptors (Lipinski definition) is 1. The molecule has 4 atom stereocenters. The Morgan fingerprint density at radius 2 is 2.05 bits per heavy atom. The largest absolute Gasteiger partial charge is 0.389 e. The van der Waals surface area contributed by atoms with Gasteiger partial charge in [0.05, 0.1) is 6.10 Å². The van der Waals surface area contributed by atoms with E-state index >= 15 is 0 Å². The van der Waals surface area contributed by atoms with Crippen molar-refractivity contribution in [2.45, 2.75) is 72.3 Å². The fourth-order valence-electron chi connectivity index (χ4n) is 4.35. The predicted octanol–water partition coefficient (Wildman–Crippen LogP) is 5.42. The first kappa shape index (κ1) is 16.5. The Kier molecular flexibility index (Phi) is 5.14. The summed E-state index contributed by atoms with van der Waals surface area (Å²) in [5.74, 6) is 1.25. The van der Waals surface area contributed by atoms with Crippen molar-refractivity contribution < 1.29 is 5.11 Å². The van der Waals surface area contributed by atoms with Crippen molar-refractivity contribution in [1.29, 1.82) is 0 Å². The first-order valence-corrected chi connectivity index (χ1v) is 8.49. The molecule has 1 nitrogen and oxygen atoms in total. The molecule has 0 spiro atoms. The lowest BCUT2D eigenvalue weighted by atomic mass is 9.70. The second kappa shape index (κ2) is 6.52. The average molecular weight is 288 g/mol. The Hall–Kier alpha value is -0.820. The molecule has 0 aliphatic heterocycles. The Labute approximate surface area is 130 Å². The molecule has 0 bridgehead atoms. The topological polar surface area (TPSA) is 20.2 Å². The van der Waals surface area contributed by atoms with E-state index in [1.165, 1.54) is 24.0 Å². The van der Waals surface area contributed by atoms with Crippen LogP contribution in [0, 0.1) is 17.3 Å². The highest BCUT2D eigenvalue weighted by Gasteiger charge is 2.45. The Balaban J connectivity index is 2.32. The van der Waals surface area contributed by atoms with Crippen LogP contribution in [0.5, 0.6) is 0 Å². The van der Waals surface area contributed by atoms with Gasteiger partial charge < -0.3 is 5.11 Å². The fraction of sp³-hybridized carbons (Fsp3) is 0.700. The van der Waals surface area contributed by atoms with Crippen molar-refractivity contribution in [3.8, 4) is 0 Å². The maximum atomic E-state index is 10.6. The van der Waals surface area contributed by atoms with E-state index in [0.717, 1.165) is 31.3 Å². The lowest BCUT2D eigenvalue weighted by Gasteiger charge is -2.36. The van der Waals surface area contributed by atoms with Crippen molar-refractivity contribution in [3.05, 3.63) is 35.5 Å². The molecule has 2 rings (SSSR count). The van der Waals surface area contributed by atoms with Gasteiger partial charge in [0.25, 0.3) is 0 Å². The van der Waals surface area contributed by atoms with Gasteiger partial charge in [0, 0.05) is 0 Å². The number of hydrogen-bond donors (Lipinski definition) is 1. The van der Waals surface area contributed by atoms with Crippen molar-refractivity contribution in [2.75, 3.05) is 0 Å². The third kappa shape index (κ3) is 3.69. The standard InChI is InChI=1S/C20H32O/c1-14(2)17-11-12-20(5)13-19(21)16(4)8-6-7-15(3)9-10-18(17)20/h8-9,17-19,21H,1,6-7,10-13H2,2-5H3/b15-9+,16-8+/t17-,18-,19-,20+/m0/s1. The Morgan fingerprint density at radius 3 is 2.71 bits per heavy atom. The van der Waals surface area contributed by atoms with Gasteiger partial charge in [0.2, 0.25) is 0 Å². The minimum absolute atomic E-state index is 0.235. The maximum Gasteiger partial charge on any atom is 0.0752 e. The zero-order valence-corrected chi connectivity index (χ0v) is 14.3. The summed E-state index contributed by atoms with van der Waals surface area (Å²) in [6.07, 6.45) is 11.1. The van der Waals surface area contributed by atoms with Gasteiger partial charge in [-0.1, -0.05) is 36.8 Å². The van der Waals surface area contributed by atoms with Crippen molar-refractivity contribution in [3.63, 3.8) is 0 Å². The molecule has 2 aliphatic carbocycles. The van der Waals surface area contributed by atoms with E-state index < -0.39 is 0 Å². The zero-order chi connectivity index (χ0) is 15.6. The lowest BCUT2D eigenvalue weighted by Crippen LogP contribution is -2.30. The molecule has 21 heavy (non-hydrogen) atoms. The summed E-state index contributed by atoms with van der Waals surface area (Å²) in [6, 6.07) is 0. The van der Waals surface area contributed by atoms with E-state index in [9.17, 15) is 5.11 Å². The molecule has 0 unspecified atom stereocenters. The molecule has 1 heteroatoms. The van der Waals surface area contributed by atoms with Crippen LogP contribution in [0.4, 0.5) is 0 Å². The first-order chi connectivity index (χ1) is 9.83. The molecular weight excluding hydrogens is 256 g/mol. The highest BCUT2D eigenvalue weighted by molar-refractivity contribution is 5.15. The Bertz CT molecular complexity index is 456. The van der Waals surface area contributed by atoms with Gasteiger partial charge >= 0.3 is 0 Å². The van der Waals surface area contributed by atoms with Crippen molar-refractivity contribution in [1.82, 2.24) is 0 Å². The monoisotopic (exact) mass is 288 g/mol. The van der Waals surface area contributed by atoms with E-state index in [0.29, 0.717) is 11.8 Å². The first-order valence-electron chi connectivity index (χ1n) is 8.49. The normalized spacial score (nSPS) is 43.0. The third-order valence-electron chi connectivity index (χ3n) is 5.95. The van der Waals surface area contributed by atoms with Gasteiger partial charge in [0.15, 0.2) is 0 Å². The summed E-state index contributed by atoms with van der Waals surface area (Å²) >= 11 is 0. The van der Waals surface area contributed by atoms with Crippen LogP contribution in [0.3, 0.4) is 0 Å². The summed E-state index contributed by atoms with van der Waals surface area (Å²) < 4.78 is 0. The highest BCUT2D eigenvalue weighted by Crippen LogP contribution is 2.54. The third-order valence-corrected chi connectivity index (χ3v) is 5.95. The van der Waals surface area contributed by atoms with E-state index in [4.69, 9.17) is 0 Å². The molecule has 2 aliphatic rings. The summed E-state index contributed by atoms with van der Waals surface area (Å²) in [5.41, 5.74) is 4.21. The van der Waals surface area contributed by atoms with Crippen LogP contribution in [-0.4, -0.2) is 11.2 Å². The van der Waals surface area contributed by atoms with Gasteiger partial charge in [-0.25, -0.2) is 0 Å². The van der Waals surface area contributed by atoms with E-state index in [2.05, 4.69) is 46.4 Å². The van der Waals surface area contributed by atoms with Crippen LogP contribution < -0.4 is 0 Å². The Morgan fingerprint density at radius 1 is 1.33 bits per heavy atom. The molecular formula is C20H32O. The van der Waals surface area contributed by atoms with Gasteiger partial charge in [-0.05, 0) is 82.1 Å². The molecule has 1 N–H and O–H groups in total. The number of aliphatic hydroxyl groups is 1. The van der Waals surface area contributed by atoms with Crippen LogP contribution in [0.1, 0.15) is 66.2 Å². The number of fused-ring (bicyclic) bond motifs is 1. The van der Waals surface area contributed by atoms with Gasteiger partial charge in [-0.3, -0.25) is 0 Å². The zero-order valence-electron chi connectivity index (χ0n) is 14.3. The van der Waals surface area contributed by atoms with Crippen LogP contribution in [0.25, 0.3) is 0 Å². The highest BCUT2D eigenvalue weighted by atomic mass is 16.3. The van der Waals surface area contributed by atoms with Crippen LogP contribution in [-0.2, 0) is 0 Å². The van der Waals surface area contributed by atoms with E-state index in [1.54, 1.807) is 0 Å². The molecule has 1 saturated carbocycles. The minimum atomic E-state index is -0.278. The molecule has 0 aromatic carbocycles. The average Bonchev–Trinajstić information content (AvgIpc) is 2.71. The second-order valence-corrected chi connectivity index (χ2v) is 7.74. The quantitative estimate of drug-likeness (QED) is 0.638. The molecule has 118 valence electrons. The minimum Gasteiger partial charge on any atom is -0.389 e. The smallest absolute Gasteiger partial charge is 0.0752 e. The van der Waals surface area contributed by atoms with Gasteiger partial charge in [-0.2, -0.15) is 0 Å². The molecule has 0 aromatic heterocycles. The second-order valence-electron chi connectivity index (χ2n) is 7.74. The molecule has 0 aromatic rings. The molecule has 1 fully saturated rings. The molecule has 0 amide bonds. The van der Waals surface area contributed by atoms with Crippen LogP contribution in [0.2, 0.25) is 0 Å².